The number of anilines is 6. The van der Waals surface area contributed by atoms with Gasteiger partial charge in [-0.15, -0.1) is 0 Å². The van der Waals surface area contributed by atoms with E-state index in [1.54, 1.807) is 12.3 Å². The van der Waals surface area contributed by atoms with E-state index < -0.39 is 7.12 Å². The summed E-state index contributed by atoms with van der Waals surface area (Å²) < 4.78 is 1.09. The van der Waals surface area contributed by atoms with Crippen molar-refractivity contribution in [2.75, 3.05) is 9.80 Å². The van der Waals surface area contributed by atoms with E-state index in [2.05, 4.69) is 344 Å². The van der Waals surface area contributed by atoms with Gasteiger partial charge in [0, 0.05) is 63.4 Å². The van der Waals surface area contributed by atoms with Crippen LogP contribution < -0.4 is 48.2 Å². The number of para-hydroxylation sites is 4. The second-order valence-electron chi connectivity index (χ2n) is 29.2. The number of hydrogen-bond donors (Lipinski definition) is 2. The van der Waals surface area contributed by atoms with Gasteiger partial charge in [0.05, 0.1) is 22.7 Å². The lowest BCUT2D eigenvalue weighted by atomic mass is 9.35. The fourth-order valence-corrected chi connectivity index (χ4v) is 13.4. The molecule has 0 radical (unpaired) electrons. The molecular weight excluding hydrogens is 1240 g/mol. The Labute approximate surface area is 577 Å². The molecule has 0 aliphatic carbocycles. The smallest absolute Gasteiger partial charge is 0.422 e. The number of fused-ring (bicyclic) bond motifs is 4. The minimum Gasteiger partial charge on any atom is -0.422 e. The number of aromatic nitrogens is 4. The number of benzene rings is 8. The van der Waals surface area contributed by atoms with Crippen LogP contribution >= 0.6 is 15.9 Å². The average Bonchev–Trinajstić information content (AvgIpc) is 0.737. The van der Waals surface area contributed by atoms with E-state index in [1.165, 1.54) is 72.2 Å². The molecule has 4 aromatic heterocycles. The maximum absolute atomic E-state index is 8.91. The summed E-state index contributed by atoms with van der Waals surface area (Å²) in [5.74, 6) is 0. The average molecular weight is 1320 g/mol. The van der Waals surface area contributed by atoms with Crippen LogP contribution in [0.5, 0.6) is 0 Å². The molecule has 0 bridgehead atoms. The van der Waals surface area contributed by atoms with E-state index in [0.717, 1.165) is 55.2 Å². The first-order chi connectivity index (χ1) is 45.9. The van der Waals surface area contributed by atoms with Crippen LogP contribution in [0.2, 0.25) is 0 Å². The molecule has 476 valence electrons. The molecule has 8 nitrogen and oxygen atoms in total. The van der Waals surface area contributed by atoms with Gasteiger partial charge in [0.25, 0.3) is 0 Å². The molecule has 0 atom stereocenters. The highest BCUT2D eigenvalue weighted by molar-refractivity contribution is 9.10. The number of hydrogen-bond acceptors (Lipinski definition) is 8. The van der Waals surface area contributed by atoms with Gasteiger partial charge in [-0.05, 0) is 186 Å². The maximum atomic E-state index is 8.91. The van der Waals surface area contributed by atoms with Crippen LogP contribution in [0.1, 0.15) is 105 Å². The molecule has 0 amide bonds. The predicted octanol–water partition coefficient (Wildman–Crippen LogP) is 15.9. The van der Waals surface area contributed by atoms with Crippen LogP contribution in [-0.2, 0) is 21.7 Å². The Bertz CT molecular complexity index is 4750. The standard InChI is InChI=1S/C42H40BN3.C33H28BBrN2.C9H14BNO2/c1-41(2,3)31-21-23-44-37(27-31)29-13-12-14-33(25-29)43-35-17-10-11-18-39(35)46(34-15-8-7-9-16-34)40-20-19-30(26-36(40)43)38-28-32(22-24-45-38)42(4,5)6;1-33(2,3)24-18-19-36-30(21-24)23-16-17-32-29(20-23)34(25-10-9-11-26(35)22-25)28-14-7-8-15-31(28)37(32)27-12-5-4-6-13-27;1-9(2,3)7-4-5-11-8(6-7)10(12)13/h7-28H,1-6H3;4-22H,1-3H3;4-6,12-13H,1-3H3. The molecule has 2 N–H and O–H groups in total. The van der Waals surface area contributed by atoms with E-state index in [0.29, 0.717) is 5.59 Å². The maximum Gasteiger partial charge on any atom is 0.508 e. The van der Waals surface area contributed by atoms with E-state index in [9.17, 15) is 0 Å². The number of rotatable bonds is 8. The molecule has 8 aromatic carbocycles. The monoisotopic (exact) mass is 1320 g/mol. The molecule has 14 rings (SSSR count). The SMILES string of the molecule is CC(C)(C)c1ccnc(-c2ccc3c(c2)B(c2cccc(Br)c2)c2ccccc2N3c2ccccc2)c1.CC(C)(C)c1ccnc(-c2cccc(B3c4ccccc4N(c4ccccc4)c4ccc(-c5cc(C(C)(C)C)ccn5)cc43)c2)c1.CC(C)(C)c1ccnc(B(O)O)c1. The van der Waals surface area contributed by atoms with Crippen LogP contribution in [0.25, 0.3) is 33.8 Å². The predicted molar refractivity (Wildman–Crippen MR) is 411 cm³/mol. The summed E-state index contributed by atoms with van der Waals surface area (Å²) in [6, 6.07) is 87.0. The number of halogens is 1. The lowest BCUT2D eigenvalue weighted by molar-refractivity contribution is 0.424. The summed E-state index contributed by atoms with van der Waals surface area (Å²) in [5.41, 5.74) is 26.5. The lowest BCUT2D eigenvalue weighted by Crippen LogP contribution is -2.57. The van der Waals surface area contributed by atoms with Gasteiger partial charge in [-0.3, -0.25) is 19.9 Å². The van der Waals surface area contributed by atoms with Gasteiger partial charge in [0.2, 0.25) is 13.4 Å². The van der Waals surface area contributed by atoms with E-state index in [1.807, 2.05) is 24.7 Å². The van der Waals surface area contributed by atoms with Crippen molar-refractivity contribution in [2.45, 2.75) is 105 Å². The molecule has 2 aliphatic heterocycles. The van der Waals surface area contributed by atoms with E-state index in [-0.39, 0.29) is 35.1 Å². The highest BCUT2D eigenvalue weighted by atomic mass is 79.9. The van der Waals surface area contributed by atoms with Crippen molar-refractivity contribution >= 4 is 109 Å². The van der Waals surface area contributed by atoms with Gasteiger partial charge in [0.15, 0.2) is 0 Å². The van der Waals surface area contributed by atoms with Crippen molar-refractivity contribution in [3.63, 3.8) is 0 Å². The normalized spacial score (nSPS) is 12.7. The molecule has 0 fully saturated rings. The quantitative estimate of drug-likeness (QED) is 0.145. The van der Waals surface area contributed by atoms with Crippen LogP contribution in [-0.4, -0.2) is 50.5 Å². The molecule has 12 aromatic rings. The number of nitrogens with zero attached hydrogens (tertiary/aromatic N) is 6. The van der Waals surface area contributed by atoms with Crippen molar-refractivity contribution in [1.29, 1.82) is 0 Å². The van der Waals surface area contributed by atoms with Crippen LogP contribution in [0, 0.1) is 0 Å². The van der Waals surface area contributed by atoms with Gasteiger partial charge < -0.3 is 19.8 Å². The first-order valence-electron chi connectivity index (χ1n) is 33.1. The Kier molecular flexibility index (Phi) is 19.0. The van der Waals surface area contributed by atoms with Crippen LogP contribution in [0.3, 0.4) is 0 Å². The van der Waals surface area contributed by atoms with Crippen molar-refractivity contribution in [3.8, 4) is 33.8 Å². The van der Waals surface area contributed by atoms with Crippen LogP contribution in [0.15, 0.2) is 272 Å². The van der Waals surface area contributed by atoms with E-state index >= 15 is 0 Å². The molecular formula is C84H82B3BrN6O2. The Balaban J connectivity index is 0.000000157. The summed E-state index contributed by atoms with van der Waals surface area (Å²) in [7, 11) is -1.48. The van der Waals surface area contributed by atoms with Gasteiger partial charge in [-0.1, -0.05) is 249 Å². The second kappa shape index (κ2) is 27.3. The minimum atomic E-state index is -1.48. The molecule has 0 unspecified atom stereocenters. The Morgan fingerprint density at radius 1 is 0.323 bits per heavy atom. The third-order valence-corrected chi connectivity index (χ3v) is 18.7. The molecule has 2 aliphatic rings. The topological polar surface area (TPSA) is 98.5 Å². The zero-order chi connectivity index (χ0) is 67.7. The molecule has 0 saturated carbocycles. The fourth-order valence-electron chi connectivity index (χ4n) is 13.0. The Morgan fingerprint density at radius 3 is 1.08 bits per heavy atom. The third kappa shape index (κ3) is 14.4. The zero-order valence-electron chi connectivity index (χ0n) is 57.1. The van der Waals surface area contributed by atoms with Gasteiger partial charge in [-0.25, -0.2) is 0 Å². The molecule has 12 heteroatoms. The molecule has 96 heavy (non-hydrogen) atoms. The summed E-state index contributed by atoms with van der Waals surface area (Å²) in [5, 5.41) is 17.8. The van der Waals surface area contributed by atoms with Gasteiger partial charge >= 0.3 is 7.12 Å². The molecule has 6 heterocycles. The Hall–Kier alpha value is -9.45. The van der Waals surface area contributed by atoms with Crippen molar-refractivity contribution in [3.05, 3.63) is 294 Å². The highest BCUT2D eigenvalue weighted by Crippen LogP contribution is 2.40. The largest absolute Gasteiger partial charge is 0.508 e. The van der Waals surface area contributed by atoms with Crippen molar-refractivity contribution < 1.29 is 10.0 Å². The van der Waals surface area contributed by atoms with Crippen LogP contribution in [0.4, 0.5) is 34.1 Å². The fraction of sp³-hybridized carbons (Fsp3) is 0.190. The van der Waals surface area contributed by atoms with Crippen molar-refractivity contribution in [2.24, 2.45) is 0 Å². The summed E-state index contributed by atoms with van der Waals surface area (Å²) >= 11 is 3.71. The third-order valence-electron chi connectivity index (χ3n) is 18.2. The first-order valence-corrected chi connectivity index (χ1v) is 33.9. The van der Waals surface area contributed by atoms with Crippen molar-refractivity contribution in [1.82, 2.24) is 19.9 Å². The zero-order valence-corrected chi connectivity index (χ0v) is 58.7. The number of pyridine rings is 4. The molecule has 0 saturated heterocycles. The second-order valence-corrected chi connectivity index (χ2v) is 30.1. The van der Waals surface area contributed by atoms with Gasteiger partial charge in [-0.2, -0.15) is 0 Å². The lowest BCUT2D eigenvalue weighted by Gasteiger charge is -2.37. The van der Waals surface area contributed by atoms with Gasteiger partial charge in [0.1, 0.15) is 0 Å². The first kappa shape index (κ1) is 66.6. The highest BCUT2D eigenvalue weighted by Gasteiger charge is 2.38. The summed E-state index contributed by atoms with van der Waals surface area (Å²) in [6.07, 6.45) is 7.42. The summed E-state index contributed by atoms with van der Waals surface area (Å²) in [6.45, 7) is 26.6. The minimum absolute atomic E-state index is 0.00653. The Morgan fingerprint density at radius 2 is 0.677 bits per heavy atom. The van der Waals surface area contributed by atoms with E-state index in [4.69, 9.17) is 25.0 Å². The summed E-state index contributed by atoms with van der Waals surface area (Å²) in [4.78, 5) is 23.1. The molecule has 0 spiro atoms.